The lowest BCUT2D eigenvalue weighted by Gasteiger charge is -2.61. The van der Waals surface area contributed by atoms with Gasteiger partial charge >= 0.3 is 0 Å². The van der Waals surface area contributed by atoms with Crippen LogP contribution in [0, 0.1) is 28.6 Å². The first-order valence-corrected chi connectivity index (χ1v) is 13.1. The maximum absolute atomic E-state index is 13.3. The van der Waals surface area contributed by atoms with Gasteiger partial charge in [-0.05, 0) is 89.2 Å². The highest BCUT2D eigenvalue weighted by atomic mass is 16.4. The van der Waals surface area contributed by atoms with Gasteiger partial charge in [0.25, 0.3) is 0 Å². The molecule has 4 aliphatic rings. The molecule has 4 aliphatic carbocycles. The summed E-state index contributed by atoms with van der Waals surface area (Å²) in [6.45, 7) is 8.59. The van der Waals surface area contributed by atoms with Gasteiger partial charge in [-0.3, -0.25) is 4.79 Å². The van der Waals surface area contributed by atoms with Crippen molar-refractivity contribution in [2.24, 2.45) is 28.6 Å². The number of aliphatic hydroxyl groups is 7. The first kappa shape index (κ1) is 27.2. The summed E-state index contributed by atoms with van der Waals surface area (Å²) in [4.78, 5) is 13.3. The number of rotatable bonds is 5. The van der Waals surface area contributed by atoms with Crippen molar-refractivity contribution >= 4 is 5.78 Å². The highest BCUT2D eigenvalue weighted by Gasteiger charge is 2.70. The standard InChI is InChI=1S/C27H44O8/c1-23(2,33)9-8-20(30)26(5,34)19-7-11-27(35)15-12-17(28)16-13-18(29)21(31)22(32)25(16,4)14(15)6-10-24(19,27)3/h12,14,16,18-22,29-35H,6-11,13H2,1-5H3/t14-,16+,18+,19-,20+,21+,22+,24+,25+,26+,27+/m0/s1. The van der Waals surface area contributed by atoms with Gasteiger partial charge in [-0.25, -0.2) is 0 Å². The molecule has 0 spiro atoms. The fourth-order valence-electron chi connectivity index (χ4n) is 8.35. The van der Waals surface area contributed by atoms with Crippen LogP contribution in [-0.2, 0) is 4.79 Å². The lowest BCUT2D eigenvalue weighted by molar-refractivity contribution is -0.205. The molecule has 3 saturated carbocycles. The summed E-state index contributed by atoms with van der Waals surface area (Å²) in [5.74, 6) is -1.73. The Hall–Kier alpha value is -0.870. The third-order valence-corrected chi connectivity index (χ3v) is 10.7. The quantitative estimate of drug-likeness (QED) is 0.295. The minimum atomic E-state index is -1.52. The van der Waals surface area contributed by atoms with Gasteiger partial charge < -0.3 is 35.7 Å². The first-order valence-electron chi connectivity index (χ1n) is 13.1. The molecule has 7 N–H and O–H groups in total. The molecular weight excluding hydrogens is 452 g/mol. The topological polar surface area (TPSA) is 159 Å². The molecule has 0 aromatic carbocycles. The second-order valence-corrected chi connectivity index (χ2v) is 13.2. The van der Waals surface area contributed by atoms with Gasteiger partial charge in [-0.1, -0.05) is 13.8 Å². The predicted molar refractivity (Wildman–Crippen MR) is 128 cm³/mol. The van der Waals surface area contributed by atoms with Gasteiger partial charge in [0.2, 0.25) is 0 Å². The zero-order valence-corrected chi connectivity index (χ0v) is 21.6. The summed E-state index contributed by atoms with van der Waals surface area (Å²) in [6, 6.07) is 0. The molecule has 0 aromatic rings. The third kappa shape index (κ3) is 3.78. The molecule has 4 rings (SSSR count). The average molecular weight is 497 g/mol. The highest BCUT2D eigenvalue weighted by Crippen LogP contribution is 2.68. The first-order chi connectivity index (χ1) is 15.9. The molecular formula is C27H44O8. The van der Waals surface area contributed by atoms with E-state index in [1.54, 1.807) is 27.7 Å². The SMILES string of the molecule is CC(C)(O)CC[C@@H](O)[C@](C)(O)[C@H]1CC[C@@]2(O)C3=CC(=O)[C@H]4C[C@@H](O)[C@@H](O)[C@@H](O)[C@]4(C)[C@H]3CC[C@]12C. The van der Waals surface area contributed by atoms with Crippen LogP contribution in [0.5, 0.6) is 0 Å². The lowest BCUT2D eigenvalue weighted by Crippen LogP contribution is -2.66. The number of carbonyl (C=O) groups is 1. The van der Waals surface area contributed by atoms with Crippen molar-refractivity contribution in [3.8, 4) is 0 Å². The van der Waals surface area contributed by atoms with Crippen molar-refractivity contribution in [1.82, 2.24) is 0 Å². The van der Waals surface area contributed by atoms with Crippen molar-refractivity contribution in [1.29, 1.82) is 0 Å². The van der Waals surface area contributed by atoms with Crippen LogP contribution in [0.2, 0.25) is 0 Å². The largest absolute Gasteiger partial charge is 0.390 e. The van der Waals surface area contributed by atoms with E-state index >= 15 is 0 Å². The van der Waals surface area contributed by atoms with E-state index in [2.05, 4.69) is 0 Å². The molecule has 0 radical (unpaired) electrons. The Morgan fingerprint density at radius 3 is 2.29 bits per heavy atom. The highest BCUT2D eigenvalue weighted by molar-refractivity contribution is 5.95. The van der Waals surface area contributed by atoms with E-state index in [0.717, 1.165) is 0 Å². The Kier molecular flexibility index (Phi) is 6.46. The zero-order chi connectivity index (χ0) is 26.4. The van der Waals surface area contributed by atoms with E-state index in [9.17, 15) is 40.5 Å². The van der Waals surface area contributed by atoms with E-state index < -0.39 is 63.9 Å². The molecule has 0 aromatic heterocycles. The number of allylic oxidation sites excluding steroid dienone is 1. The van der Waals surface area contributed by atoms with Crippen molar-refractivity contribution in [2.45, 2.75) is 121 Å². The van der Waals surface area contributed by atoms with E-state index in [4.69, 9.17) is 0 Å². The molecule has 0 amide bonds. The minimum Gasteiger partial charge on any atom is -0.390 e. The molecule has 8 nitrogen and oxygen atoms in total. The summed E-state index contributed by atoms with van der Waals surface area (Å²) in [7, 11) is 0. The summed E-state index contributed by atoms with van der Waals surface area (Å²) < 4.78 is 0. The van der Waals surface area contributed by atoms with Crippen molar-refractivity contribution in [3.05, 3.63) is 11.6 Å². The minimum absolute atomic E-state index is 0.0638. The average Bonchev–Trinajstić information content (AvgIpc) is 3.04. The van der Waals surface area contributed by atoms with Crippen LogP contribution in [0.25, 0.3) is 0 Å². The van der Waals surface area contributed by atoms with Gasteiger partial charge in [-0.2, -0.15) is 0 Å². The number of hydrogen-bond acceptors (Lipinski definition) is 8. The van der Waals surface area contributed by atoms with Crippen molar-refractivity contribution in [3.63, 3.8) is 0 Å². The molecule has 3 fully saturated rings. The van der Waals surface area contributed by atoms with Crippen LogP contribution in [0.3, 0.4) is 0 Å². The van der Waals surface area contributed by atoms with E-state index in [-0.39, 0.29) is 24.5 Å². The number of ketones is 1. The Morgan fingerprint density at radius 2 is 1.69 bits per heavy atom. The second kappa shape index (κ2) is 8.32. The fraction of sp³-hybridized carbons (Fsp3) is 0.889. The maximum Gasteiger partial charge on any atom is 0.159 e. The number of carbonyl (C=O) groups excluding carboxylic acids is 1. The molecule has 0 saturated heterocycles. The number of hydrogen-bond donors (Lipinski definition) is 7. The second-order valence-electron chi connectivity index (χ2n) is 13.2. The van der Waals surface area contributed by atoms with Crippen molar-refractivity contribution < 1.29 is 40.5 Å². The van der Waals surface area contributed by atoms with Crippen molar-refractivity contribution in [2.75, 3.05) is 0 Å². The van der Waals surface area contributed by atoms with Gasteiger partial charge in [0, 0.05) is 16.7 Å². The smallest absolute Gasteiger partial charge is 0.159 e. The van der Waals surface area contributed by atoms with E-state index in [1.165, 1.54) is 6.08 Å². The molecule has 11 atom stereocenters. The van der Waals surface area contributed by atoms with Crippen LogP contribution in [0.4, 0.5) is 0 Å². The number of aliphatic hydroxyl groups excluding tert-OH is 4. The molecule has 0 unspecified atom stereocenters. The van der Waals surface area contributed by atoms with Crippen LogP contribution in [0.1, 0.15) is 79.6 Å². The Morgan fingerprint density at radius 1 is 1.06 bits per heavy atom. The fourth-order valence-corrected chi connectivity index (χ4v) is 8.35. The zero-order valence-electron chi connectivity index (χ0n) is 21.6. The normalized spacial score (nSPS) is 48.3. The Labute approximate surface area is 207 Å². The van der Waals surface area contributed by atoms with Crippen LogP contribution < -0.4 is 0 Å². The van der Waals surface area contributed by atoms with Gasteiger partial charge in [-0.15, -0.1) is 0 Å². The van der Waals surface area contributed by atoms with E-state index in [1.807, 2.05) is 6.92 Å². The molecule has 35 heavy (non-hydrogen) atoms. The van der Waals surface area contributed by atoms with Crippen LogP contribution in [0.15, 0.2) is 11.6 Å². The van der Waals surface area contributed by atoms with Crippen LogP contribution in [-0.4, -0.2) is 82.7 Å². The maximum atomic E-state index is 13.3. The summed E-state index contributed by atoms with van der Waals surface area (Å²) in [5, 5.41) is 76.6. The summed E-state index contributed by atoms with van der Waals surface area (Å²) in [5.41, 5.74) is -5.21. The van der Waals surface area contributed by atoms with E-state index in [0.29, 0.717) is 37.7 Å². The predicted octanol–water partition coefficient (Wildman–Crippen LogP) is 0.825. The van der Waals surface area contributed by atoms with Crippen LogP contribution >= 0.6 is 0 Å². The molecule has 0 aliphatic heterocycles. The Bertz CT molecular complexity index is 892. The summed E-state index contributed by atoms with van der Waals surface area (Å²) in [6.07, 6.45) is -1.09. The van der Waals surface area contributed by atoms with Gasteiger partial charge in [0.05, 0.1) is 35.1 Å². The molecule has 8 heteroatoms. The monoisotopic (exact) mass is 496 g/mol. The molecule has 200 valence electrons. The molecule has 0 bridgehead atoms. The lowest BCUT2D eigenvalue weighted by atomic mass is 9.45. The molecule has 0 heterocycles. The number of fused-ring (bicyclic) bond motifs is 5. The Balaban J connectivity index is 1.69. The third-order valence-electron chi connectivity index (χ3n) is 10.7. The van der Waals surface area contributed by atoms with Gasteiger partial charge in [0.15, 0.2) is 5.78 Å². The summed E-state index contributed by atoms with van der Waals surface area (Å²) >= 11 is 0. The van der Waals surface area contributed by atoms with Gasteiger partial charge in [0.1, 0.15) is 6.10 Å².